The molecule has 0 atom stereocenters. The van der Waals surface area contributed by atoms with E-state index in [4.69, 9.17) is 4.74 Å². The lowest BCUT2D eigenvalue weighted by atomic mass is 9.87. The lowest BCUT2D eigenvalue weighted by molar-refractivity contribution is 0.318. The zero-order valence-electron chi connectivity index (χ0n) is 11.0. The topological polar surface area (TPSA) is 63.7 Å². The number of H-pyrrole nitrogens is 1. The Hall–Kier alpha value is -1.91. The average Bonchev–Trinajstić information content (AvgIpc) is 2.81. The highest BCUT2D eigenvalue weighted by Gasteiger charge is 2.13. The van der Waals surface area contributed by atoms with Crippen molar-refractivity contribution >= 4 is 0 Å². The molecule has 96 valence electrons. The van der Waals surface area contributed by atoms with Crippen LogP contribution in [0.15, 0.2) is 24.3 Å². The number of nitrogens with one attached hydrogen (secondary N) is 1. The molecule has 0 fully saturated rings. The summed E-state index contributed by atoms with van der Waals surface area (Å²) in [6, 6.07) is 8.18. The summed E-state index contributed by atoms with van der Waals surface area (Å²) in [7, 11) is 0. The second-order valence-electron chi connectivity index (χ2n) is 5.20. The molecule has 0 bridgehead atoms. The molecule has 1 aromatic heterocycles. The summed E-state index contributed by atoms with van der Waals surface area (Å²) in [6.45, 7) is 7.11. The lowest BCUT2D eigenvalue weighted by Crippen LogP contribution is -2.11. The number of benzene rings is 1. The SMILES string of the molecule is CC(C)(C)c1cccc(OCCc2nn[nH]n2)c1. The van der Waals surface area contributed by atoms with Gasteiger partial charge >= 0.3 is 0 Å². The molecule has 5 heteroatoms. The molecule has 0 unspecified atom stereocenters. The van der Waals surface area contributed by atoms with Gasteiger partial charge in [-0.25, -0.2) is 0 Å². The Kier molecular flexibility index (Phi) is 3.60. The van der Waals surface area contributed by atoms with E-state index in [1.165, 1.54) is 5.56 Å². The Morgan fingerprint density at radius 2 is 2.11 bits per heavy atom. The van der Waals surface area contributed by atoms with Gasteiger partial charge in [-0.3, -0.25) is 0 Å². The largest absolute Gasteiger partial charge is 0.493 e. The Balaban J connectivity index is 1.93. The summed E-state index contributed by atoms with van der Waals surface area (Å²) in [5.41, 5.74) is 1.40. The molecule has 0 saturated carbocycles. The third-order valence-electron chi connectivity index (χ3n) is 2.68. The molecule has 2 rings (SSSR count). The first-order chi connectivity index (χ1) is 8.55. The smallest absolute Gasteiger partial charge is 0.177 e. The maximum atomic E-state index is 5.69. The molecule has 2 aromatic rings. The van der Waals surface area contributed by atoms with Crippen LogP contribution in [0.5, 0.6) is 5.75 Å². The fourth-order valence-electron chi connectivity index (χ4n) is 1.60. The van der Waals surface area contributed by atoms with E-state index in [-0.39, 0.29) is 5.41 Å². The minimum Gasteiger partial charge on any atom is -0.493 e. The van der Waals surface area contributed by atoms with Crippen LogP contribution >= 0.6 is 0 Å². The predicted molar refractivity (Wildman–Crippen MR) is 68.5 cm³/mol. The van der Waals surface area contributed by atoms with Gasteiger partial charge in [0.2, 0.25) is 0 Å². The van der Waals surface area contributed by atoms with E-state index >= 15 is 0 Å². The number of nitrogens with zero attached hydrogens (tertiary/aromatic N) is 3. The molecule has 1 N–H and O–H groups in total. The van der Waals surface area contributed by atoms with E-state index in [1.807, 2.05) is 12.1 Å². The van der Waals surface area contributed by atoms with Crippen molar-refractivity contribution in [2.24, 2.45) is 0 Å². The molecule has 0 aliphatic heterocycles. The van der Waals surface area contributed by atoms with Crippen LogP contribution in [0.25, 0.3) is 0 Å². The van der Waals surface area contributed by atoms with Crippen LogP contribution in [0.1, 0.15) is 32.2 Å². The highest BCUT2D eigenvalue weighted by molar-refractivity contribution is 5.32. The molecule has 0 radical (unpaired) electrons. The molecule has 0 aliphatic carbocycles. The zero-order chi connectivity index (χ0) is 13.0. The van der Waals surface area contributed by atoms with Gasteiger partial charge in [0.15, 0.2) is 5.82 Å². The Morgan fingerprint density at radius 1 is 1.28 bits per heavy atom. The summed E-state index contributed by atoms with van der Waals surface area (Å²) in [4.78, 5) is 0. The van der Waals surface area contributed by atoms with Gasteiger partial charge in [-0.1, -0.05) is 38.1 Å². The summed E-state index contributed by atoms with van der Waals surface area (Å²) in [5, 5.41) is 13.7. The van der Waals surface area contributed by atoms with Crippen molar-refractivity contribution in [2.45, 2.75) is 32.6 Å². The van der Waals surface area contributed by atoms with E-state index in [0.717, 1.165) is 5.75 Å². The van der Waals surface area contributed by atoms with Crippen LogP contribution in [0, 0.1) is 0 Å². The molecule has 0 saturated heterocycles. The first kappa shape index (κ1) is 12.5. The maximum Gasteiger partial charge on any atom is 0.177 e. The van der Waals surface area contributed by atoms with Crippen molar-refractivity contribution in [3.63, 3.8) is 0 Å². The van der Waals surface area contributed by atoms with E-state index in [2.05, 4.69) is 53.5 Å². The molecule has 18 heavy (non-hydrogen) atoms. The predicted octanol–water partition coefficient (Wildman–Crippen LogP) is 2.12. The zero-order valence-corrected chi connectivity index (χ0v) is 11.0. The number of hydrogen-bond acceptors (Lipinski definition) is 4. The van der Waals surface area contributed by atoms with Gasteiger partial charge in [-0.15, -0.1) is 10.2 Å². The van der Waals surface area contributed by atoms with Gasteiger partial charge in [0, 0.05) is 6.42 Å². The van der Waals surface area contributed by atoms with Crippen LogP contribution < -0.4 is 4.74 Å². The second-order valence-corrected chi connectivity index (χ2v) is 5.20. The highest BCUT2D eigenvalue weighted by atomic mass is 16.5. The van der Waals surface area contributed by atoms with E-state index in [0.29, 0.717) is 18.9 Å². The monoisotopic (exact) mass is 246 g/mol. The Bertz CT molecular complexity index is 488. The fraction of sp³-hybridized carbons (Fsp3) is 0.462. The summed E-state index contributed by atoms with van der Waals surface area (Å²) in [6.07, 6.45) is 0.649. The first-order valence-corrected chi connectivity index (χ1v) is 6.01. The molecule has 5 nitrogen and oxygen atoms in total. The summed E-state index contributed by atoms with van der Waals surface area (Å²) in [5.74, 6) is 1.55. The van der Waals surface area contributed by atoms with Crippen molar-refractivity contribution in [1.82, 2.24) is 20.6 Å². The summed E-state index contributed by atoms with van der Waals surface area (Å²) >= 11 is 0. The molecule has 1 aromatic carbocycles. The average molecular weight is 246 g/mol. The second kappa shape index (κ2) is 5.16. The van der Waals surface area contributed by atoms with Crippen LogP contribution in [-0.2, 0) is 11.8 Å². The number of aromatic amines is 1. The fourth-order valence-corrected chi connectivity index (χ4v) is 1.60. The normalized spacial score (nSPS) is 11.5. The van der Waals surface area contributed by atoms with Crippen LogP contribution in [-0.4, -0.2) is 27.2 Å². The van der Waals surface area contributed by atoms with E-state index < -0.39 is 0 Å². The summed E-state index contributed by atoms with van der Waals surface area (Å²) < 4.78 is 5.69. The van der Waals surface area contributed by atoms with Crippen molar-refractivity contribution in [2.75, 3.05) is 6.61 Å². The van der Waals surface area contributed by atoms with Gasteiger partial charge in [-0.2, -0.15) is 5.21 Å². The highest BCUT2D eigenvalue weighted by Crippen LogP contribution is 2.25. The van der Waals surface area contributed by atoms with E-state index in [9.17, 15) is 0 Å². The standard InChI is InChI=1S/C13H18N4O/c1-13(2,3)10-5-4-6-11(9-10)18-8-7-12-14-16-17-15-12/h4-6,9H,7-8H2,1-3H3,(H,14,15,16,17). The van der Waals surface area contributed by atoms with Crippen molar-refractivity contribution in [1.29, 1.82) is 0 Å². The molecule has 1 heterocycles. The number of tetrazole rings is 1. The molecule has 0 amide bonds. The Labute approximate surface area is 107 Å². The van der Waals surface area contributed by atoms with Gasteiger partial charge in [0.25, 0.3) is 0 Å². The minimum atomic E-state index is 0.132. The van der Waals surface area contributed by atoms with Crippen LogP contribution in [0.4, 0.5) is 0 Å². The maximum absolute atomic E-state index is 5.69. The van der Waals surface area contributed by atoms with Gasteiger partial charge < -0.3 is 4.74 Å². The van der Waals surface area contributed by atoms with E-state index in [1.54, 1.807) is 0 Å². The van der Waals surface area contributed by atoms with Crippen LogP contribution in [0.2, 0.25) is 0 Å². The molecule has 0 aliphatic rings. The van der Waals surface area contributed by atoms with Gasteiger partial charge in [0.1, 0.15) is 5.75 Å². The third kappa shape index (κ3) is 3.29. The first-order valence-electron chi connectivity index (χ1n) is 6.01. The molecular weight excluding hydrogens is 228 g/mol. The van der Waals surface area contributed by atoms with Gasteiger partial charge in [-0.05, 0) is 23.1 Å². The minimum absolute atomic E-state index is 0.132. The Morgan fingerprint density at radius 3 is 2.78 bits per heavy atom. The number of aromatic nitrogens is 4. The quantitative estimate of drug-likeness (QED) is 0.897. The molecular formula is C13H18N4O. The number of hydrogen-bond donors (Lipinski definition) is 1. The number of ether oxygens (including phenoxy) is 1. The van der Waals surface area contributed by atoms with Gasteiger partial charge in [0.05, 0.1) is 6.61 Å². The number of rotatable bonds is 4. The van der Waals surface area contributed by atoms with Crippen molar-refractivity contribution in [3.8, 4) is 5.75 Å². The van der Waals surface area contributed by atoms with Crippen LogP contribution in [0.3, 0.4) is 0 Å². The van der Waals surface area contributed by atoms with Crippen molar-refractivity contribution < 1.29 is 4.74 Å². The molecule has 0 spiro atoms. The van der Waals surface area contributed by atoms with Crippen molar-refractivity contribution in [3.05, 3.63) is 35.7 Å². The lowest BCUT2D eigenvalue weighted by Gasteiger charge is -2.19. The third-order valence-corrected chi connectivity index (χ3v) is 2.68.